The highest BCUT2D eigenvalue weighted by molar-refractivity contribution is 7.72. The van der Waals surface area contributed by atoms with Crippen LogP contribution in [0, 0.1) is 0 Å². The summed E-state index contributed by atoms with van der Waals surface area (Å²) >= 11 is 0. The highest BCUT2D eigenvalue weighted by atomic mass is 32.2. The van der Waals surface area contributed by atoms with E-state index in [1.165, 1.54) is 0 Å². The van der Waals surface area contributed by atoms with E-state index in [9.17, 15) is 8.42 Å². The van der Waals surface area contributed by atoms with Crippen molar-refractivity contribution in [1.82, 2.24) is 0 Å². The van der Waals surface area contributed by atoms with E-state index in [0.717, 1.165) is 31.2 Å². The second kappa shape index (κ2) is 5.75. The molecule has 0 saturated carbocycles. The monoisotopic (exact) mass is 227 g/mol. The summed E-state index contributed by atoms with van der Waals surface area (Å²) in [6.45, 7) is 2.13. The molecule has 0 heterocycles. The van der Waals surface area contributed by atoms with Crippen molar-refractivity contribution in [2.75, 3.05) is 5.73 Å². The third-order valence-electron chi connectivity index (χ3n) is 2.39. The van der Waals surface area contributed by atoms with Crippen molar-refractivity contribution in [3.05, 3.63) is 23.8 Å². The number of unbranched alkanes of at least 4 members (excludes halogenated alkanes) is 2. The minimum atomic E-state index is -2.50. The van der Waals surface area contributed by atoms with Crippen LogP contribution in [0.25, 0.3) is 0 Å². The van der Waals surface area contributed by atoms with E-state index in [1.807, 2.05) is 0 Å². The minimum absolute atomic E-state index is 0.352. The Balaban J connectivity index is 2.81. The SMILES string of the molecule is CCCCCc1cc([SH](=O)=O)ccc1N. The van der Waals surface area contributed by atoms with E-state index in [2.05, 4.69) is 6.92 Å². The van der Waals surface area contributed by atoms with Gasteiger partial charge < -0.3 is 5.73 Å². The standard InChI is InChI=1S/C11H17NO2S/c1-2-3-4-5-9-8-10(15(13)14)6-7-11(9)12/h6-8,15H,2-5,12H2,1H3. The lowest BCUT2D eigenvalue weighted by atomic mass is 10.1. The molecule has 0 spiro atoms. The first kappa shape index (κ1) is 12.0. The van der Waals surface area contributed by atoms with Crippen LogP contribution in [-0.4, -0.2) is 8.42 Å². The molecule has 3 nitrogen and oxygen atoms in total. The molecule has 0 atom stereocenters. The van der Waals surface area contributed by atoms with Crippen LogP contribution in [-0.2, 0) is 17.1 Å². The van der Waals surface area contributed by atoms with Crippen molar-refractivity contribution >= 4 is 16.4 Å². The van der Waals surface area contributed by atoms with Gasteiger partial charge in [-0.15, -0.1) is 0 Å². The van der Waals surface area contributed by atoms with E-state index in [-0.39, 0.29) is 0 Å². The zero-order valence-corrected chi connectivity index (χ0v) is 9.80. The predicted molar refractivity (Wildman–Crippen MR) is 62.7 cm³/mol. The Labute approximate surface area is 92.3 Å². The normalized spacial score (nSPS) is 10.8. The average Bonchev–Trinajstić information content (AvgIpc) is 2.20. The average molecular weight is 227 g/mol. The van der Waals surface area contributed by atoms with Crippen molar-refractivity contribution in [2.24, 2.45) is 0 Å². The summed E-state index contributed by atoms with van der Waals surface area (Å²) in [6.07, 6.45) is 4.21. The van der Waals surface area contributed by atoms with Crippen molar-refractivity contribution in [3.8, 4) is 0 Å². The van der Waals surface area contributed by atoms with Crippen molar-refractivity contribution < 1.29 is 8.42 Å². The lowest BCUT2D eigenvalue weighted by Gasteiger charge is -2.05. The molecule has 1 aromatic rings. The molecule has 0 aliphatic carbocycles. The molecule has 15 heavy (non-hydrogen) atoms. The molecule has 0 unspecified atom stereocenters. The molecule has 0 aliphatic rings. The fourth-order valence-electron chi connectivity index (χ4n) is 1.49. The molecule has 0 bridgehead atoms. The molecular weight excluding hydrogens is 210 g/mol. The van der Waals surface area contributed by atoms with Gasteiger partial charge in [-0.1, -0.05) is 19.8 Å². The van der Waals surface area contributed by atoms with Gasteiger partial charge in [-0.25, -0.2) is 8.42 Å². The topological polar surface area (TPSA) is 60.2 Å². The Bertz CT molecular complexity index is 392. The maximum absolute atomic E-state index is 10.8. The number of hydrogen-bond acceptors (Lipinski definition) is 3. The van der Waals surface area contributed by atoms with Crippen LogP contribution in [0.1, 0.15) is 31.7 Å². The summed E-state index contributed by atoms with van der Waals surface area (Å²) in [6, 6.07) is 4.89. The largest absolute Gasteiger partial charge is 0.399 e. The zero-order chi connectivity index (χ0) is 11.3. The van der Waals surface area contributed by atoms with E-state index in [1.54, 1.807) is 18.2 Å². The van der Waals surface area contributed by atoms with E-state index in [0.29, 0.717) is 10.6 Å². The lowest BCUT2D eigenvalue weighted by molar-refractivity contribution is 0.614. The van der Waals surface area contributed by atoms with Gasteiger partial charge in [-0.05, 0) is 36.6 Å². The molecule has 0 radical (unpaired) electrons. The molecular formula is C11H17NO2S. The predicted octanol–water partition coefficient (Wildman–Crippen LogP) is 1.97. The highest BCUT2D eigenvalue weighted by Crippen LogP contribution is 2.17. The lowest BCUT2D eigenvalue weighted by Crippen LogP contribution is -1.96. The first-order valence-electron chi connectivity index (χ1n) is 5.18. The number of nitrogen functional groups attached to an aromatic ring is 1. The van der Waals surface area contributed by atoms with E-state index >= 15 is 0 Å². The molecule has 0 aliphatic heterocycles. The number of nitrogens with two attached hydrogens (primary N) is 1. The Morgan fingerprint density at radius 3 is 2.60 bits per heavy atom. The molecule has 84 valence electrons. The maximum Gasteiger partial charge on any atom is 0.168 e. The number of anilines is 1. The summed E-state index contributed by atoms with van der Waals surface area (Å²) in [5.74, 6) is 0. The third kappa shape index (κ3) is 3.55. The van der Waals surface area contributed by atoms with Gasteiger partial charge in [0.15, 0.2) is 10.7 Å². The summed E-state index contributed by atoms with van der Waals surface area (Å²) in [7, 11) is -2.50. The molecule has 4 heteroatoms. The summed E-state index contributed by atoms with van der Waals surface area (Å²) in [5.41, 5.74) is 7.41. The van der Waals surface area contributed by atoms with Crippen LogP contribution in [0.3, 0.4) is 0 Å². The first-order valence-corrected chi connectivity index (χ1v) is 6.35. The molecule has 0 aromatic heterocycles. The number of aryl methyl sites for hydroxylation is 1. The molecule has 1 rings (SSSR count). The van der Waals surface area contributed by atoms with Gasteiger partial charge in [0, 0.05) is 5.69 Å². The van der Waals surface area contributed by atoms with Crippen LogP contribution < -0.4 is 5.73 Å². The zero-order valence-electron chi connectivity index (χ0n) is 8.90. The minimum Gasteiger partial charge on any atom is -0.399 e. The highest BCUT2D eigenvalue weighted by Gasteiger charge is 2.02. The Hall–Kier alpha value is -1.03. The van der Waals surface area contributed by atoms with Crippen molar-refractivity contribution in [1.29, 1.82) is 0 Å². The Morgan fingerprint density at radius 1 is 1.27 bits per heavy atom. The quantitative estimate of drug-likeness (QED) is 0.459. The van der Waals surface area contributed by atoms with Crippen LogP contribution in [0.2, 0.25) is 0 Å². The summed E-state index contributed by atoms with van der Waals surface area (Å²) in [5, 5.41) is 0. The van der Waals surface area contributed by atoms with Gasteiger partial charge in [0.05, 0.1) is 4.90 Å². The number of rotatable bonds is 5. The van der Waals surface area contributed by atoms with E-state index < -0.39 is 10.7 Å². The molecule has 1 aromatic carbocycles. The van der Waals surface area contributed by atoms with Crippen LogP contribution in [0.5, 0.6) is 0 Å². The fraction of sp³-hybridized carbons (Fsp3) is 0.455. The van der Waals surface area contributed by atoms with Crippen LogP contribution >= 0.6 is 0 Å². The molecule has 0 fully saturated rings. The van der Waals surface area contributed by atoms with Gasteiger partial charge in [0.2, 0.25) is 0 Å². The first-order chi connectivity index (χ1) is 7.15. The number of benzene rings is 1. The van der Waals surface area contributed by atoms with Gasteiger partial charge in [-0.3, -0.25) is 0 Å². The number of hydrogen-bond donors (Lipinski definition) is 2. The maximum atomic E-state index is 10.8. The fourth-order valence-corrected chi connectivity index (χ4v) is 1.95. The smallest absolute Gasteiger partial charge is 0.168 e. The Kier molecular flexibility index (Phi) is 4.62. The van der Waals surface area contributed by atoms with Crippen molar-refractivity contribution in [3.63, 3.8) is 0 Å². The van der Waals surface area contributed by atoms with Gasteiger partial charge >= 0.3 is 0 Å². The molecule has 0 amide bonds. The van der Waals surface area contributed by atoms with Crippen LogP contribution in [0.4, 0.5) is 5.69 Å². The second-order valence-corrected chi connectivity index (χ2v) is 4.63. The molecule has 0 saturated heterocycles. The van der Waals surface area contributed by atoms with Crippen molar-refractivity contribution in [2.45, 2.75) is 37.5 Å². The van der Waals surface area contributed by atoms with Gasteiger partial charge in [0.25, 0.3) is 0 Å². The van der Waals surface area contributed by atoms with Gasteiger partial charge in [0.1, 0.15) is 0 Å². The number of thiol groups is 1. The molecule has 2 N–H and O–H groups in total. The summed E-state index contributed by atoms with van der Waals surface area (Å²) < 4.78 is 21.6. The second-order valence-electron chi connectivity index (χ2n) is 3.60. The Morgan fingerprint density at radius 2 is 2.00 bits per heavy atom. The summed E-state index contributed by atoms with van der Waals surface area (Å²) in [4.78, 5) is 0.352. The van der Waals surface area contributed by atoms with E-state index in [4.69, 9.17) is 5.73 Å². The van der Waals surface area contributed by atoms with Crippen LogP contribution in [0.15, 0.2) is 23.1 Å². The third-order valence-corrected chi connectivity index (χ3v) is 3.09. The van der Waals surface area contributed by atoms with Gasteiger partial charge in [-0.2, -0.15) is 0 Å².